The van der Waals surface area contributed by atoms with E-state index in [0.717, 1.165) is 4.90 Å². The van der Waals surface area contributed by atoms with E-state index in [1.165, 1.54) is 0 Å². The number of carboxylic acids is 1. The molecule has 2 amide bonds. The highest BCUT2D eigenvalue weighted by atomic mass is 32.2. The average molecular weight is 365 g/mol. The van der Waals surface area contributed by atoms with Gasteiger partial charge in [0.1, 0.15) is 23.5 Å². The maximum atomic E-state index is 12.7. The number of carbonyl (C=O) groups is 3. The zero-order chi connectivity index (χ0) is 18.5. The van der Waals surface area contributed by atoms with Crippen molar-refractivity contribution in [2.45, 2.75) is 42.1 Å². The summed E-state index contributed by atoms with van der Waals surface area (Å²) in [7, 11) is -1.63. The normalized spacial score (nSPS) is 31.0. The average Bonchev–Trinajstić information content (AvgIpc) is 2.77. The molecule has 0 unspecified atom stereocenters. The van der Waals surface area contributed by atoms with Crippen LogP contribution >= 0.6 is 0 Å². The van der Waals surface area contributed by atoms with Gasteiger partial charge in [0.25, 0.3) is 0 Å². The number of nitrogens with one attached hydrogen (secondary N) is 1. The molecule has 0 aromatic heterocycles. The summed E-state index contributed by atoms with van der Waals surface area (Å²) in [6.45, 7) is 3.09. The lowest BCUT2D eigenvalue weighted by atomic mass is 9.95. The Balaban J connectivity index is 1.78. The largest absolute Gasteiger partial charge is 0.480 e. The van der Waals surface area contributed by atoms with Gasteiger partial charge in [0.2, 0.25) is 11.8 Å². The Morgan fingerprint density at radius 2 is 1.92 bits per heavy atom. The summed E-state index contributed by atoms with van der Waals surface area (Å²) in [4.78, 5) is 37.3. The Morgan fingerprint density at radius 3 is 2.48 bits per heavy atom. The van der Waals surface area contributed by atoms with Gasteiger partial charge in [-0.3, -0.25) is 13.8 Å². The first-order chi connectivity index (χ1) is 11.7. The van der Waals surface area contributed by atoms with Crippen LogP contribution in [0, 0.1) is 0 Å². The van der Waals surface area contributed by atoms with E-state index in [9.17, 15) is 23.7 Å². The number of fused-ring (bicyclic) bond motifs is 1. The summed E-state index contributed by atoms with van der Waals surface area (Å²) >= 11 is 0. The monoisotopic (exact) mass is 365 g/mol. The molecule has 1 aromatic carbocycles. The van der Waals surface area contributed by atoms with Gasteiger partial charge in [-0.1, -0.05) is 30.3 Å². The minimum Gasteiger partial charge on any atom is -0.480 e. The van der Waals surface area contributed by atoms with Crippen molar-refractivity contribution in [2.24, 2.45) is 5.73 Å². The van der Waals surface area contributed by atoms with Crippen molar-refractivity contribution in [3.05, 3.63) is 35.9 Å². The third kappa shape index (κ3) is 2.54. The van der Waals surface area contributed by atoms with Crippen LogP contribution in [0.3, 0.4) is 0 Å². The molecule has 3 rings (SSSR count). The lowest BCUT2D eigenvalue weighted by molar-refractivity contribution is -0.161. The van der Waals surface area contributed by atoms with Gasteiger partial charge < -0.3 is 21.1 Å². The number of amides is 2. The maximum absolute atomic E-state index is 12.7. The van der Waals surface area contributed by atoms with E-state index in [4.69, 9.17) is 5.73 Å². The van der Waals surface area contributed by atoms with E-state index in [1.807, 2.05) is 0 Å². The summed E-state index contributed by atoms with van der Waals surface area (Å²) in [6.07, 6.45) is 0. The highest BCUT2D eigenvalue weighted by Crippen LogP contribution is 2.43. The summed E-state index contributed by atoms with van der Waals surface area (Å²) < 4.78 is 11.5. The number of carboxylic acid groups (broad SMARTS) is 1. The zero-order valence-corrected chi connectivity index (χ0v) is 14.5. The van der Waals surface area contributed by atoms with Crippen molar-refractivity contribution in [1.82, 2.24) is 10.2 Å². The van der Waals surface area contributed by atoms with Crippen LogP contribution < -0.4 is 11.1 Å². The Morgan fingerprint density at radius 1 is 1.32 bits per heavy atom. The first-order valence-corrected chi connectivity index (χ1v) is 8.95. The highest BCUT2D eigenvalue weighted by Gasteiger charge is 2.68. The molecule has 2 aliphatic rings. The van der Waals surface area contributed by atoms with Crippen LogP contribution in [0.5, 0.6) is 0 Å². The van der Waals surface area contributed by atoms with Crippen molar-refractivity contribution in [3.8, 4) is 0 Å². The first kappa shape index (κ1) is 17.6. The highest BCUT2D eigenvalue weighted by molar-refractivity contribution is 7.87. The molecule has 0 aliphatic carbocycles. The van der Waals surface area contributed by atoms with Gasteiger partial charge in [-0.2, -0.15) is 0 Å². The van der Waals surface area contributed by atoms with Crippen LogP contribution in [0.2, 0.25) is 0 Å². The number of rotatable bonds is 4. The zero-order valence-electron chi connectivity index (χ0n) is 13.7. The van der Waals surface area contributed by atoms with E-state index in [-0.39, 0.29) is 0 Å². The van der Waals surface area contributed by atoms with Crippen LogP contribution in [0.15, 0.2) is 30.3 Å². The van der Waals surface area contributed by atoms with Crippen LogP contribution in [0.1, 0.15) is 25.5 Å². The summed E-state index contributed by atoms with van der Waals surface area (Å²) in [5.74, 6) is -2.33. The molecule has 4 N–H and O–H groups in total. The molecule has 134 valence electrons. The SMILES string of the molecule is CC1(C)[C@@H](C(=O)O)N2C(=O)[C@@H](NC(=O)[C@H](N)c3ccccc3)[C@@H]2[S@@]1=O. The molecule has 0 radical (unpaired) electrons. The molecule has 2 saturated heterocycles. The number of hydrogen-bond acceptors (Lipinski definition) is 5. The number of carbonyl (C=O) groups excluding carboxylic acids is 2. The van der Waals surface area contributed by atoms with Gasteiger partial charge in [0.05, 0.1) is 15.5 Å². The Bertz CT molecular complexity index is 766. The first-order valence-electron chi connectivity index (χ1n) is 7.74. The van der Waals surface area contributed by atoms with Gasteiger partial charge in [-0.05, 0) is 19.4 Å². The van der Waals surface area contributed by atoms with Crippen LogP contribution in [0.4, 0.5) is 0 Å². The van der Waals surface area contributed by atoms with E-state index in [2.05, 4.69) is 5.32 Å². The molecule has 2 aliphatic heterocycles. The maximum Gasteiger partial charge on any atom is 0.328 e. The minimum absolute atomic E-state index is 0.551. The Kier molecular flexibility index (Phi) is 4.16. The van der Waals surface area contributed by atoms with Gasteiger partial charge in [-0.15, -0.1) is 0 Å². The summed E-state index contributed by atoms with van der Waals surface area (Å²) in [6, 6.07) is 5.48. The molecule has 1 aromatic rings. The number of nitrogens with two attached hydrogens (primary N) is 1. The molecule has 0 saturated carbocycles. The van der Waals surface area contributed by atoms with E-state index in [1.54, 1.807) is 44.2 Å². The fourth-order valence-electron chi connectivity index (χ4n) is 3.35. The van der Waals surface area contributed by atoms with Crippen molar-refractivity contribution in [2.75, 3.05) is 0 Å². The predicted octanol–water partition coefficient (Wildman–Crippen LogP) is -0.666. The molecule has 5 atom stereocenters. The van der Waals surface area contributed by atoms with Crippen LogP contribution in [0.25, 0.3) is 0 Å². The molecular weight excluding hydrogens is 346 g/mol. The number of aliphatic carboxylic acids is 1. The number of hydrogen-bond donors (Lipinski definition) is 3. The third-order valence-corrected chi connectivity index (χ3v) is 6.93. The Labute approximate surface area is 146 Å². The number of β-lactam (4-membered cyclic amide) rings is 1. The van der Waals surface area contributed by atoms with Crippen molar-refractivity contribution >= 4 is 28.6 Å². The van der Waals surface area contributed by atoms with Crippen LogP contribution in [-0.4, -0.2) is 54.2 Å². The quantitative estimate of drug-likeness (QED) is 0.607. The summed E-state index contributed by atoms with van der Waals surface area (Å²) in [5.41, 5.74) is 6.49. The minimum atomic E-state index is -1.63. The molecule has 25 heavy (non-hydrogen) atoms. The van der Waals surface area contributed by atoms with Gasteiger partial charge >= 0.3 is 5.97 Å². The molecule has 2 heterocycles. The van der Waals surface area contributed by atoms with E-state index < -0.39 is 56.8 Å². The van der Waals surface area contributed by atoms with E-state index in [0.29, 0.717) is 5.56 Å². The molecule has 2 fully saturated rings. The topological polar surface area (TPSA) is 130 Å². The molecule has 8 nitrogen and oxygen atoms in total. The number of nitrogens with zero attached hydrogens (tertiary/aromatic N) is 1. The van der Waals surface area contributed by atoms with E-state index >= 15 is 0 Å². The van der Waals surface area contributed by atoms with Crippen molar-refractivity contribution < 1.29 is 23.7 Å². The molecule has 0 bridgehead atoms. The second-order valence-corrected chi connectivity index (χ2v) is 8.78. The standard InChI is InChI=1S/C16H19N3O5S/c1-16(2)11(15(22)23)19-13(21)10(14(19)25(16)24)18-12(20)9(17)8-6-4-3-5-7-8/h3-7,9-11,14H,17H2,1-2H3,(H,18,20)(H,22,23)/t9-,10-,11-,14+,25+/m1/s1. The Hall–Kier alpha value is -2.26. The fourth-order valence-corrected chi connectivity index (χ4v) is 5.27. The fraction of sp³-hybridized carbons (Fsp3) is 0.438. The van der Waals surface area contributed by atoms with Gasteiger partial charge in [0, 0.05) is 0 Å². The smallest absolute Gasteiger partial charge is 0.328 e. The second kappa shape index (κ2) is 5.92. The molecule has 0 spiro atoms. The lowest BCUT2D eigenvalue weighted by Crippen LogP contribution is -2.72. The third-order valence-electron chi connectivity index (χ3n) is 4.73. The van der Waals surface area contributed by atoms with Crippen molar-refractivity contribution in [3.63, 3.8) is 0 Å². The van der Waals surface area contributed by atoms with Gasteiger partial charge in [-0.25, -0.2) is 4.79 Å². The number of benzene rings is 1. The second-order valence-electron chi connectivity index (χ2n) is 6.65. The molecule has 9 heteroatoms. The van der Waals surface area contributed by atoms with Gasteiger partial charge in [0.15, 0.2) is 0 Å². The predicted molar refractivity (Wildman–Crippen MR) is 89.6 cm³/mol. The molecular formula is C16H19N3O5S. The van der Waals surface area contributed by atoms with Crippen molar-refractivity contribution in [1.29, 1.82) is 0 Å². The van der Waals surface area contributed by atoms with Crippen LogP contribution in [-0.2, 0) is 25.2 Å². The lowest BCUT2D eigenvalue weighted by Gasteiger charge is -2.43. The summed E-state index contributed by atoms with van der Waals surface area (Å²) in [5, 5.41) is 11.0.